The number of aliphatic carboxylic acids is 1. The van der Waals surface area contributed by atoms with Crippen LogP contribution in [0.2, 0.25) is 0 Å². The number of nitrogens with one attached hydrogen (secondary N) is 2. The Balaban J connectivity index is 1.91. The highest BCUT2D eigenvalue weighted by Gasteiger charge is 2.28. The van der Waals surface area contributed by atoms with Crippen LogP contribution in [0.15, 0.2) is 53.6 Å². The highest BCUT2D eigenvalue weighted by molar-refractivity contribution is 7.89. The molecule has 2 aromatic carbocycles. The number of methoxy groups -OCH3 is 1. The van der Waals surface area contributed by atoms with Gasteiger partial charge in [0.2, 0.25) is 10.0 Å². The minimum Gasteiger partial charge on any atom is -0.496 e. The number of benzene rings is 2. The van der Waals surface area contributed by atoms with Gasteiger partial charge in [-0.15, -0.1) is 0 Å². The average Bonchev–Trinajstić information content (AvgIpc) is 3.09. The number of aromatic carboxylic acids is 1. The van der Waals surface area contributed by atoms with Crippen LogP contribution < -0.4 is 9.46 Å². The highest BCUT2D eigenvalue weighted by atomic mass is 32.2. The van der Waals surface area contributed by atoms with Gasteiger partial charge in [0, 0.05) is 23.5 Å². The summed E-state index contributed by atoms with van der Waals surface area (Å²) in [5.41, 5.74) is 1.09. The molecular weight excluding hydrogens is 400 g/mol. The Morgan fingerprint density at radius 2 is 1.90 bits per heavy atom. The lowest BCUT2D eigenvalue weighted by Gasteiger charge is -2.15. The molecule has 3 rings (SSSR count). The van der Waals surface area contributed by atoms with Gasteiger partial charge < -0.3 is 19.9 Å². The van der Waals surface area contributed by atoms with E-state index in [-0.39, 0.29) is 22.6 Å². The molecule has 1 aromatic heterocycles. The Kier molecular flexibility index (Phi) is 5.57. The van der Waals surface area contributed by atoms with Crippen molar-refractivity contribution in [2.75, 3.05) is 7.11 Å². The van der Waals surface area contributed by atoms with Crippen molar-refractivity contribution in [1.29, 1.82) is 0 Å². The van der Waals surface area contributed by atoms with Crippen LogP contribution in [-0.2, 0) is 21.2 Å². The number of ether oxygens (including phenoxy) is 1. The highest BCUT2D eigenvalue weighted by Crippen LogP contribution is 2.24. The van der Waals surface area contributed by atoms with Crippen molar-refractivity contribution in [3.8, 4) is 5.75 Å². The maximum Gasteiger partial charge on any atom is 0.339 e. The summed E-state index contributed by atoms with van der Waals surface area (Å²) in [4.78, 5) is 25.7. The summed E-state index contributed by atoms with van der Waals surface area (Å²) in [6, 6.07) is 9.07. The molecule has 3 aromatic rings. The molecule has 0 radical (unpaired) electrons. The molecule has 4 N–H and O–H groups in total. The van der Waals surface area contributed by atoms with Crippen LogP contribution in [-0.4, -0.2) is 48.7 Å². The number of hydrogen-bond acceptors (Lipinski definition) is 5. The van der Waals surface area contributed by atoms with Gasteiger partial charge in [0.25, 0.3) is 0 Å². The van der Waals surface area contributed by atoms with Crippen molar-refractivity contribution >= 4 is 32.9 Å². The standard InChI is InChI=1S/C19H18N2O7S/c1-28-17-7-6-12(9-14(17)18(22)23)29(26,27)21-16(19(24)25)8-11-10-20-15-5-3-2-4-13(11)15/h2-7,9-10,16,20-21H,8H2,1H3,(H,22,23)(H,24,25)/t16-/m0/s1. The second-order valence-electron chi connectivity index (χ2n) is 6.24. The number of hydrogen-bond donors (Lipinski definition) is 4. The number of carbonyl (C=O) groups is 2. The zero-order valence-electron chi connectivity index (χ0n) is 15.2. The number of rotatable bonds is 8. The summed E-state index contributed by atoms with van der Waals surface area (Å²) in [6.07, 6.45) is 1.53. The van der Waals surface area contributed by atoms with Crippen molar-refractivity contribution in [3.05, 3.63) is 59.8 Å². The lowest BCUT2D eigenvalue weighted by atomic mass is 10.1. The molecule has 0 aliphatic rings. The molecule has 0 aliphatic heterocycles. The Morgan fingerprint density at radius 1 is 1.17 bits per heavy atom. The van der Waals surface area contributed by atoms with Gasteiger partial charge in [0.1, 0.15) is 17.4 Å². The topological polar surface area (TPSA) is 146 Å². The predicted molar refractivity (Wildman–Crippen MR) is 104 cm³/mol. The van der Waals surface area contributed by atoms with Crippen LogP contribution >= 0.6 is 0 Å². The first kappa shape index (κ1) is 20.4. The third-order valence-electron chi connectivity index (χ3n) is 4.41. The van der Waals surface area contributed by atoms with Crippen LogP contribution in [0.25, 0.3) is 10.9 Å². The number of para-hydroxylation sites is 1. The van der Waals surface area contributed by atoms with E-state index >= 15 is 0 Å². The minimum atomic E-state index is -4.30. The van der Waals surface area contributed by atoms with Gasteiger partial charge in [-0.05, 0) is 29.8 Å². The third-order valence-corrected chi connectivity index (χ3v) is 5.88. The van der Waals surface area contributed by atoms with Gasteiger partial charge in [-0.25, -0.2) is 13.2 Å². The van der Waals surface area contributed by atoms with E-state index in [0.717, 1.165) is 23.0 Å². The first-order chi connectivity index (χ1) is 13.7. The predicted octanol–water partition coefficient (Wildman–Crippen LogP) is 1.85. The summed E-state index contributed by atoms with van der Waals surface area (Å²) >= 11 is 0. The molecule has 10 heteroatoms. The van der Waals surface area contributed by atoms with Crippen molar-refractivity contribution in [1.82, 2.24) is 9.71 Å². The normalized spacial score (nSPS) is 12.6. The Morgan fingerprint density at radius 3 is 2.55 bits per heavy atom. The van der Waals surface area contributed by atoms with Crippen molar-refractivity contribution in [2.45, 2.75) is 17.4 Å². The van der Waals surface area contributed by atoms with Crippen LogP contribution in [0.1, 0.15) is 15.9 Å². The molecule has 1 heterocycles. The van der Waals surface area contributed by atoms with Gasteiger partial charge in [0.05, 0.1) is 12.0 Å². The second kappa shape index (κ2) is 7.94. The molecule has 0 aliphatic carbocycles. The second-order valence-corrected chi connectivity index (χ2v) is 7.96. The van der Waals surface area contributed by atoms with E-state index in [9.17, 15) is 28.2 Å². The number of H-pyrrole nitrogens is 1. The minimum absolute atomic E-state index is 0.00923. The molecule has 0 amide bonds. The van der Waals surface area contributed by atoms with E-state index in [2.05, 4.69) is 9.71 Å². The fourth-order valence-electron chi connectivity index (χ4n) is 2.98. The van der Waals surface area contributed by atoms with E-state index in [4.69, 9.17) is 4.74 Å². The number of aromatic amines is 1. The molecule has 152 valence electrons. The Hall–Kier alpha value is -3.37. The SMILES string of the molecule is COc1ccc(S(=O)(=O)N[C@@H](Cc2c[nH]c3ccccc23)C(=O)O)cc1C(=O)O. The molecule has 0 saturated heterocycles. The van der Waals surface area contributed by atoms with E-state index in [1.165, 1.54) is 13.2 Å². The number of aromatic nitrogens is 1. The maximum atomic E-state index is 12.7. The summed E-state index contributed by atoms with van der Waals surface area (Å²) < 4.78 is 32.4. The summed E-state index contributed by atoms with van der Waals surface area (Å²) in [7, 11) is -3.04. The van der Waals surface area contributed by atoms with E-state index < -0.39 is 28.0 Å². The number of carboxylic acids is 2. The first-order valence-corrected chi connectivity index (χ1v) is 9.92. The van der Waals surface area contributed by atoms with Crippen molar-refractivity contribution in [2.24, 2.45) is 0 Å². The lowest BCUT2D eigenvalue weighted by Crippen LogP contribution is -2.42. The molecule has 9 nitrogen and oxygen atoms in total. The number of carboxylic acid groups (broad SMARTS) is 2. The van der Waals surface area contributed by atoms with Gasteiger partial charge in [-0.1, -0.05) is 18.2 Å². The van der Waals surface area contributed by atoms with Crippen LogP contribution in [0.5, 0.6) is 5.75 Å². The smallest absolute Gasteiger partial charge is 0.339 e. The maximum absolute atomic E-state index is 12.7. The number of fused-ring (bicyclic) bond motifs is 1. The summed E-state index contributed by atoms with van der Waals surface area (Å²) in [5, 5.41) is 19.6. The van der Waals surface area contributed by atoms with Gasteiger partial charge >= 0.3 is 11.9 Å². The monoisotopic (exact) mass is 418 g/mol. The first-order valence-electron chi connectivity index (χ1n) is 8.44. The Labute approximate surface area is 166 Å². The van der Waals surface area contributed by atoms with Gasteiger partial charge in [-0.3, -0.25) is 4.79 Å². The largest absolute Gasteiger partial charge is 0.496 e. The molecule has 0 spiro atoms. The van der Waals surface area contributed by atoms with Crippen LogP contribution in [0.3, 0.4) is 0 Å². The zero-order chi connectivity index (χ0) is 21.2. The average molecular weight is 418 g/mol. The molecule has 0 bridgehead atoms. The molecule has 29 heavy (non-hydrogen) atoms. The number of sulfonamides is 1. The van der Waals surface area contributed by atoms with Crippen molar-refractivity contribution in [3.63, 3.8) is 0 Å². The van der Waals surface area contributed by atoms with Gasteiger partial charge in [0.15, 0.2) is 0 Å². The van der Waals surface area contributed by atoms with E-state index in [0.29, 0.717) is 5.56 Å². The van der Waals surface area contributed by atoms with Crippen LogP contribution in [0, 0.1) is 0 Å². The molecule has 0 fully saturated rings. The third kappa shape index (κ3) is 4.23. The summed E-state index contributed by atoms with van der Waals surface area (Å²) in [6.45, 7) is 0. The van der Waals surface area contributed by atoms with Crippen LogP contribution in [0.4, 0.5) is 0 Å². The van der Waals surface area contributed by atoms with Crippen molar-refractivity contribution < 1.29 is 33.0 Å². The fourth-order valence-corrected chi connectivity index (χ4v) is 4.19. The fraction of sp³-hybridized carbons (Fsp3) is 0.158. The molecule has 0 unspecified atom stereocenters. The zero-order valence-corrected chi connectivity index (χ0v) is 16.1. The lowest BCUT2D eigenvalue weighted by molar-refractivity contribution is -0.138. The Bertz CT molecular complexity index is 1180. The molecule has 1 atom stereocenters. The summed E-state index contributed by atoms with van der Waals surface area (Å²) in [5.74, 6) is -2.73. The van der Waals surface area contributed by atoms with E-state index in [1.54, 1.807) is 18.3 Å². The molecular formula is C19H18N2O7S. The van der Waals surface area contributed by atoms with E-state index in [1.807, 2.05) is 12.1 Å². The van der Waals surface area contributed by atoms with Gasteiger partial charge in [-0.2, -0.15) is 4.72 Å². The molecule has 0 saturated carbocycles. The quantitative estimate of drug-likeness (QED) is 0.437.